The van der Waals surface area contributed by atoms with Crippen LogP contribution in [0.3, 0.4) is 0 Å². The molecule has 1 saturated carbocycles. The van der Waals surface area contributed by atoms with E-state index in [2.05, 4.69) is 41.0 Å². The van der Waals surface area contributed by atoms with Gasteiger partial charge in [-0.2, -0.15) is 0 Å². The third-order valence-electron chi connectivity index (χ3n) is 6.45. The first-order valence-corrected chi connectivity index (χ1v) is 11.1. The van der Waals surface area contributed by atoms with Crippen molar-refractivity contribution in [1.29, 1.82) is 0 Å². The third-order valence-corrected chi connectivity index (χ3v) is 7.50. The zero-order valence-corrected chi connectivity index (χ0v) is 18.8. The maximum Gasteiger partial charge on any atom is 0.208 e. The monoisotopic (exact) mass is 427 g/mol. The molecule has 3 atom stereocenters. The molecule has 0 amide bonds. The molecule has 2 heterocycles. The van der Waals surface area contributed by atoms with Gasteiger partial charge in [-0.1, -0.05) is 31.6 Å². The average Bonchev–Trinajstić information content (AvgIpc) is 3.45. The largest absolute Gasteiger partial charge is 0.507 e. The van der Waals surface area contributed by atoms with E-state index in [1.54, 1.807) is 18.6 Å². The molecule has 2 aromatic heterocycles. The van der Waals surface area contributed by atoms with E-state index in [1.165, 1.54) is 11.3 Å². The maximum absolute atomic E-state index is 10.6. The number of rotatable bonds is 6. The Bertz CT molecular complexity index is 989. The van der Waals surface area contributed by atoms with Gasteiger partial charge in [0.1, 0.15) is 5.75 Å². The van der Waals surface area contributed by atoms with Crippen LogP contribution in [0.1, 0.15) is 39.5 Å². The zero-order valence-electron chi connectivity index (χ0n) is 17.9. The van der Waals surface area contributed by atoms with Crippen LogP contribution < -0.4 is 4.90 Å². The minimum atomic E-state index is 0.183. The van der Waals surface area contributed by atoms with Gasteiger partial charge in [-0.05, 0) is 36.8 Å². The molecule has 1 aliphatic carbocycles. The number of phenolic OH excluding ortho intramolecular Hbond substituents is 1. The molecule has 0 radical (unpaired) electrons. The highest BCUT2D eigenvalue weighted by molar-refractivity contribution is 7.18. The average molecular weight is 428 g/mol. The Kier molecular flexibility index (Phi) is 5.79. The lowest BCUT2D eigenvalue weighted by molar-refractivity contribution is 0.00882. The van der Waals surface area contributed by atoms with Crippen LogP contribution in [0.2, 0.25) is 0 Å². The number of benzene rings is 1. The highest BCUT2D eigenvalue weighted by atomic mass is 32.1. The Balaban J connectivity index is 1.55. The van der Waals surface area contributed by atoms with E-state index in [0.29, 0.717) is 16.6 Å². The molecule has 7 nitrogen and oxygen atoms in total. The molecule has 8 heteroatoms. The molecule has 0 aliphatic heterocycles. The summed E-state index contributed by atoms with van der Waals surface area (Å²) in [6.45, 7) is 4.61. The van der Waals surface area contributed by atoms with Gasteiger partial charge in [-0.15, -0.1) is 10.2 Å². The highest BCUT2D eigenvalue weighted by Crippen LogP contribution is 2.43. The number of nitrogens with zero attached hydrogens (tertiary/aromatic N) is 5. The molecule has 160 valence electrons. The van der Waals surface area contributed by atoms with Gasteiger partial charge in [0.05, 0.1) is 23.7 Å². The minimum Gasteiger partial charge on any atom is -0.507 e. The van der Waals surface area contributed by atoms with Crippen molar-refractivity contribution in [2.24, 2.45) is 5.41 Å². The molecule has 1 N–H and O–H groups in total. The van der Waals surface area contributed by atoms with Gasteiger partial charge in [0, 0.05) is 38.7 Å². The number of hydrogen-bond donors (Lipinski definition) is 1. The smallest absolute Gasteiger partial charge is 0.208 e. The minimum absolute atomic E-state index is 0.183. The van der Waals surface area contributed by atoms with E-state index in [9.17, 15) is 5.11 Å². The second-order valence-corrected chi connectivity index (χ2v) is 9.45. The summed E-state index contributed by atoms with van der Waals surface area (Å²) in [6, 6.07) is 5.90. The number of anilines is 1. The van der Waals surface area contributed by atoms with Crippen LogP contribution in [0.4, 0.5) is 5.13 Å². The molecule has 3 aromatic rings. The van der Waals surface area contributed by atoms with Gasteiger partial charge in [0.25, 0.3) is 0 Å². The van der Waals surface area contributed by atoms with Crippen molar-refractivity contribution in [3.63, 3.8) is 0 Å². The molecule has 30 heavy (non-hydrogen) atoms. The van der Waals surface area contributed by atoms with Gasteiger partial charge in [0.2, 0.25) is 5.13 Å². The van der Waals surface area contributed by atoms with Gasteiger partial charge in [-0.3, -0.25) is 0 Å². The van der Waals surface area contributed by atoms with Gasteiger partial charge in [0.15, 0.2) is 5.01 Å². The fourth-order valence-electron chi connectivity index (χ4n) is 4.33. The first-order chi connectivity index (χ1) is 14.4. The number of aromatic hydroxyl groups is 1. The van der Waals surface area contributed by atoms with E-state index in [4.69, 9.17) is 4.74 Å². The Morgan fingerprint density at radius 1 is 1.33 bits per heavy atom. The summed E-state index contributed by atoms with van der Waals surface area (Å²) in [7, 11) is 3.90. The molecule has 1 fully saturated rings. The first kappa shape index (κ1) is 20.8. The van der Waals surface area contributed by atoms with Crippen molar-refractivity contribution in [1.82, 2.24) is 19.7 Å². The molecule has 0 spiro atoms. The van der Waals surface area contributed by atoms with Crippen LogP contribution in [0.25, 0.3) is 16.3 Å². The number of phenols is 1. The Morgan fingerprint density at radius 2 is 2.17 bits per heavy atom. The highest BCUT2D eigenvalue weighted by Gasteiger charge is 2.38. The van der Waals surface area contributed by atoms with Gasteiger partial charge >= 0.3 is 0 Å². The van der Waals surface area contributed by atoms with Crippen LogP contribution in [-0.2, 0) is 4.74 Å². The van der Waals surface area contributed by atoms with Crippen LogP contribution in [0.5, 0.6) is 5.75 Å². The molecule has 4 rings (SSSR count). The lowest BCUT2D eigenvalue weighted by atomic mass is 9.70. The van der Waals surface area contributed by atoms with Crippen molar-refractivity contribution >= 4 is 16.5 Å². The summed E-state index contributed by atoms with van der Waals surface area (Å²) in [5.74, 6) is 0.183. The van der Waals surface area contributed by atoms with Crippen LogP contribution >= 0.6 is 11.3 Å². The van der Waals surface area contributed by atoms with Crippen molar-refractivity contribution in [3.05, 3.63) is 36.9 Å². The number of methoxy groups -OCH3 is 1. The predicted molar refractivity (Wildman–Crippen MR) is 119 cm³/mol. The molecular formula is C22H29N5O2S. The topological polar surface area (TPSA) is 76.3 Å². The Hall–Kier alpha value is -2.45. The number of hydrogen-bond acceptors (Lipinski definition) is 7. The van der Waals surface area contributed by atoms with Crippen molar-refractivity contribution in [3.8, 4) is 22.0 Å². The van der Waals surface area contributed by atoms with Crippen LogP contribution in [0.15, 0.2) is 36.9 Å². The molecule has 1 aliphatic rings. The standard InChI is InChI=1S/C22H29N5O2S/c1-5-22(2)12-16(10-17(13-22)29-4)26(3)21-25-24-20(30-21)18-7-6-15(11-19(18)28)27-9-8-23-14-27/h6-9,11,14,16-17,28H,5,10,12-13H2,1-4H3/t16-,17+,22-/m1/s1. The molecule has 0 unspecified atom stereocenters. The summed E-state index contributed by atoms with van der Waals surface area (Å²) in [4.78, 5) is 6.28. The predicted octanol–water partition coefficient (Wildman–Crippen LogP) is 4.52. The van der Waals surface area contributed by atoms with Crippen LogP contribution in [-0.4, -0.2) is 51.2 Å². The Labute approximate surface area is 181 Å². The third kappa shape index (κ3) is 4.06. The van der Waals surface area contributed by atoms with E-state index >= 15 is 0 Å². The second kappa shape index (κ2) is 8.35. The summed E-state index contributed by atoms with van der Waals surface area (Å²) in [5, 5.41) is 21.0. The summed E-state index contributed by atoms with van der Waals surface area (Å²) in [6.07, 6.45) is 9.85. The summed E-state index contributed by atoms with van der Waals surface area (Å²) < 4.78 is 7.59. The molecular weight excluding hydrogens is 398 g/mol. The first-order valence-electron chi connectivity index (χ1n) is 10.3. The van der Waals surface area contributed by atoms with E-state index in [-0.39, 0.29) is 17.3 Å². The van der Waals surface area contributed by atoms with Crippen molar-refractivity contribution < 1.29 is 9.84 Å². The SMILES string of the molecule is CC[C@@]1(C)C[C@@H](OC)C[C@@H](N(C)c2nnc(-c3ccc(-n4ccnc4)cc3O)s2)C1. The number of aromatic nitrogens is 4. The lowest BCUT2D eigenvalue weighted by Crippen LogP contribution is -2.45. The summed E-state index contributed by atoms with van der Waals surface area (Å²) in [5.41, 5.74) is 1.81. The fraction of sp³-hybridized carbons (Fsp3) is 0.500. The molecule has 1 aromatic carbocycles. The van der Waals surface area contributed by atoms with Crippen molar-refractivity contribution in [2.75, 3.05) is 19.1 Å². The van der Waals surface area contributed by atoms with Gasteiger partial charge < -0.3 is 19.3 Å². The summed E-state index contributed by atoms with van der Waals surface area (Å²) >= 11 is 1.51. The van der Waals surface area contributed by atoms with Crippen LogP contribution in [0, 0.1) is 5.41 Å². The lowest BCUT2D eigenvalue weighted by Gasteiger charge is -2.44. The van der Waals surface area contributed by atoms with Gasteiger partial charge in [-0.25, -0.2) is 4.98 Å². The van der Waals surface area contributed by atoms with E-state index < -0.39 is 0 Å². The molecule has 0 bridgehead atoms. The number of imidazole rings is 1. The van der Waals surface area contributed by atoms with E-state index in [0.717, 1.165) is 36.5 Å². The Morgan fingerprint density at radius 3 is 2.83 bits per heavy atom. The zero-order chi connectivity index (χ0) is 21.3. The normalized spacial score (nSPS) is 24.1. The maximum atomic E-state index is 10.6. The fourth-order valence-corrected chi connectivity index (χ4v) is 5.24. The van der Waals surface area contributed by atoms with Crippen molar-refractivity contribution in [2.45, 2.75) is 51.7 Å². The second-order valence-electron chi connectivity index (χ2n) is 8.49. The quantitative estimate of drug-likeness (QED) is 0.623. The number of ether oxygens (including phenoxy) is 1. The molecule has 0 saturated heterocycles. The van der Waals surface area contributed by atoms with E-state index in [1.807, 2.05) is 30.0 Å².